The van der Waals surface area contributed by atoms with E-state index in [-0.39, 0.29) is 0 Å². The first-order valence-corrected chi connectivity index (χ1v) is 9.39. The molecule has 1 heterocycles. The van der Waals surface area contributed by atoms with Gasteiger partial charge in [0, 0.05) is 24.8 Å². The van der Waals surface area contributed by atoms with Gasteiger partial charge in [0.2, 0.25) is 0 Å². The van der Waals surface area contributed by atoms with Gasteiger partial charge in [-0.2, -0.15) is 0 Å². The van der Waals surface area contributed by atoms with Gasteiger partial charge in [0.15, 0.2) is 6.35 Å². The summed E-state index contributed by atoms with van der Waals surface area (Å²) in [7, 11) is 1.66. The van der Waals surface area contributed by atoms with E-state index in [2.05, 4.69) is 34.5 Å². The summed E-state index contributed by atoms with van der Waals surface area (Å²) in [6.45, 7) is 1.98. The number of aliphatic hydroxyl groups excluding tert-OH is 1. The lowest BCUT2D eigenvalue weighted by Gasteiger charge is -2.27. The summed E-state index contributed by atoms with van der Waals surface area (Å²) in [5.74, 6) is 3.80. The molecule has 134 valence electrons. The third-order valence-electron chi connectivity index (χ3n) is 6.15. The molecule has 1 saturated carbocycles. The van der Waals surface area contributed by atoms with Gasteiger partial charge in [-0.3, -0.25) is 4.90 Å². The maximum absolute atomic E-state index is 10.6. The van der Waals surface area contributed by atoms with Crippen molar-refractivity contribution >= 4 is 5.69 Å². The molecule has 1 aromatic rings. The predicted molar refractivity (Wildman–Crippen MR) is 100 cm³/mol. The highest BCUT2D eigenvalue weighted by Crippen LogP contribution is 2.46. The van der Waals surface area contributed by atoms with E-state index in [1.54, 1.807) is 7.11 Å². The minimum absolute atomic E-state index is 0.631. The molecule has 1 aromatic carbocycles. The van der Waals surface area contributed by atoms with E-state index >= 15 is 0 Å². The van der Waals surface area contributed by atoms with Crippen LogP contribution in [-0.2, 0) is 0 Å². The SMILES string of the molecule is COc1cccc(NC(O)N2C[C@H]3C[C@@H](C4C=CC=CC4)C[C@H]3C2)c1. The molecule has 0 radical (unpaired) electrons. The maximum atomic E-state index is 10.6. The fourth-order valence-electron chi connectivity index (χ4n) is 4.83. The standard InChI is InChI=1S/C21H28N2O2/c1-25-20-9-5-8-19(12-20)22-21(24)23-13-17-10-16(11-18(17)14-23)15-6-3-2-4-7-15/h2-6,8-9,12,15-18,21-22,24H,7,10-11,13-14H2,1H3/t15?,16-,17-,18+,21?. The Morgan fingerprint density at radius 1 is 1.16 bits per heavy atom. The number of hydrogen-bond donors (Lipinski definition) is 2. The number of fused-ring (bicyclic) bond motifs is 1. The molecule has 2 N–H and O–H groups in total. The smallest absolute Gasteiger partial charge is 0.184 e. The number of hydrogen-bond acceptors (Lipinski definition) is 4. The lowest BCUT2D eigenvalue weighted by atomic mass is 9.85. The zero-order valence-corrected chi connectivity index (χ0v) is 14.8. The van der Waals surface area contributed by atoms with Crippen LogP contribution < -0.4 is 10.1 Å². The highest BCUT2D eigenvalue weighted by atomic mass is 16.5. The van der Waals surface area contributed by atoms with Crippen LogP contribution in [-0.4, -0.2) is 36.6 Å². The number of aliphatic hydroxyl groups is 1. The molecule has 0 aromatic heterocycles. The summed E-state index contributed by atoms with van der Waals surface area (Å²) in [6, 6.07) is 7.72. The molecule has 2 fully saturated rings. The Bertz CT molecular complexity index is 643. The molecule has 4 nitrogen and oxygen atoms in total. The summed E-state index contributed by atoms with van der Waals surface area (Å²) in [5.41, 5.74) is 0.890. The van der Waals surface area contributed by atoms with Crippen LogP contribution in [0.15, 0.2) is 48.6 Å². The van der Waals surface area contributed by atoms with Gasteiger partial charge in [-0.25, -0.2) is 0 Å². The van der Waals surface area contributed by atoms with Gasteiger partial charge in [0.1, 0.15) is 5.75 Å². The number of benzene rings is 1. The van der Waals surface area contributed by atoms with Crippen molar-refractivity contribution in [3.63, 3.8) is 0 Å². The van der Waals surface area contributed by atoms with Crippen molar-refractivity contribution in [2.24, 2.45) is 23.7 Å². The van der Waals surface area contributed by atoms with E-state index in [0.29, 0.717) is 0 Å². The monoisotopic (exact) mass is 340 g/mol. The fourth-order valence-corrected chi connectivity index (χ4v) is 4.83. The molecule has 2 unspecified atom stereocenters. The molecule has 25 heavy (non-hydrogen) atoms. The second kappa shape index (κ2) is 7.22. The molecule has 1 aliphatic heterocycles. The fraction of sp³-hybridized carbons (Fsp3) is 0.524. The van der Waals surface area contributed by atoms with Crippen LogP contribution in [0, 0.1) is 23.7 Å². The quantitative estimate of drug-likeness (QED) is 0.806. The third kappa shape index (κ3) is 3.60. The average Bonchev–Trinajstić information content (AvgIpc) is 3.22. The Morgan fingerprint density at radius 2 is 1.96 bits per heavy atom. The summed E-state index contributed by atoms with van der Waals surface area (Å²) in [4.78, 5) is 2.18. The number of allylic oxidation sites excluding steroid dienone is 4. The largest absolute Gasteiger partial charge is 0.497 e. The Labute approximate surface area is 150 Å². The van der Waals surface area contributed by atoms with E-state index in [9.17, 15) is 5.11 Å². The van der Waals surface area contributed by atoms with Crippen LogP contribution in [0.25, 0.3) is 0 Å². The molecule has 0 amide bonds. The molecule has 2 aliphatic carbocycles. The second-order valence-corrected chi connectivity index (χ2v) is 7.67. The Morgan fingerprint density at radius 3 is 2.64 bits per heavy atom. The van der Waals surface area contributed by atoms with E-state index in [4.69, 9.17) is 4.74 Å². The lowest BCUT2D eigenvalue weighted by molar-refractivity contribution is 0.0367. The summed E-state index contributed by atoms with van der Waals surface area (Å²) in [5, 5.41) is 13.8. The van der Waals surface area contributed by atoms with Gasteiger partial charge in [-0.15, -0.1) is 0 Å². The van der Waals surface area contributed by atoms with Crippen LogP contribution in [0.5, 0.6) is 5.75 Å². The van der Waals surface area contributed by atoms with Crippen LogP contribution in [0.2, 0.25) is 0 Å². The van der Waals surface area contributed by atoms with Crippen molar-refractivity contribution in [2.45, 2.75) is 25.6 Å². The van der Waals surface area contributed by atoms with Gasteiger partial charge in [0.25, 0.3) is 0 Å². The lowest BCUT2D eigenvalue weighted by Crippen LogP contribution is -2.40. The number of ether oxygens (including phenoxy) is 1. The summed E-state index contributed by atoms with van der Waals surface area (Å²) >= 11 is 0. The molecule has 4 rings (SSSR count). The normalized spacial score (nSPS) is 32.6. The van der Waals surface area contributed by atoms with Gasteiger partial charge in [0.05, 0.1) is 7.11 Å². The molecule has 0 bridgehead atoms. The Hall–Kier alpha value is -1.78. The van der Waals surface area contributed by atoms with Gasteiger partial charge < -0.3 is 15.2 Å². The van der Waals surface area contributed by atoms with Crippen molar-refractivity contribution in [1.29, 1.82) is 0 Å². The van der Waals surface area contributed by atoms with Gasteiger partial charge >= 0.3 is 0 Å². The highest BCUT2D eigenvalue weighted by Gasteiger charge is 2.44. The van der Waals surface area contributed by atoms with Crippen LogP contribution in [0.3, 0.4) is 0 Å². The number of likely N-dealkylation sites (tertiary alicyclic amines) is 1. The van der Waals surface area contributed by atoms with Gasteiger partial charge in [-0.1, -0.05) is 30.4 Å². The van der Waals surface area contributed by atoms with Crippen molar-refractivity contribution in [3.8, 4) is 5.75 Å². The highest BCUT2D eigenvalue weighted by molar-refractivity contribution is 5.48. The maximum Gasteiger partial charge on any atom is 0.184 e. The van der Waals surface area contributed by atoms with Gasteiger partial charge in [-0.05, 0) is 55.1 Å². The van der Waals surface area contributed by atoms with Crippen molar-refractivity contribution in [1.82, 2.24) is 4.90 Å². The average molecular weight is 340 g/mol. The first-order valence-electron chi connectivity index (χ1n) is 9.39. The summed E-state index contributed by atoms with van der Waals surface area (Å²) < 4.78 is 5.25. The number of methoxy groups -OCH3 is 1. The Balaban J connectivity index is 1.31. The first kappa shape index (κ1) is 16.7. The molecular formula is C21H28N2O2. The Kier molecular flexibility index (Phi) is 4.82. The minimum atomic E-state index is -0.631. The molecule has 3 aliphatic rings. The zero-order chi connectivity index (χ0) is 17.2. The van der Waals surface area contributed by atoms with Crippen LogP contribution in [0.4, 0.5) is 5.69 Å². The van der Waals surface area contributed by atoms with E-state index in [0.717, 1.165) is 48.2 Å². The summed E-state index contributed by atoms with van der Waals surface area (Å²) in [6.07, 6.45) is 12.2. The van der Waals surface area contributed by atoms with Crippen LogP contribution >= 0.6 is 0 Å². The topological polar surface area (TPSA) is 44.7 Å². The number of nitrogens with one attached hydrogen (secondary N) is 1. The van der Waals surface area contributed by atoms with E-state index in [1.165, 1.54) is 19.3 Å². The molecule has 0 spiro atoms. The van der Waals surface area contributed by atoms with Crippen molar-refractivity contribution < 1.29 is 9.84 Å². The first-order chi connectivity index (χ1) is 12.2. The molecule has 5 atom stereocenters. The van der Waals surface area contributed by atoms with Crippen molar-refractivity contribution in [2.75, 3.05) is 25.5 Å². The second-order valence-electron chi connectivity index (χ2n) is 7.67. The number of nitrogens with zero attached hydrogens (tertiary/aromatic N) is 1. The van der Waals surface area contributed by atoms with Crippen molar-refractivity contribution in [3.05, 3.63) is 48.6 Å². The molecule has 4 heteroatoms. The third-order valence-corrected chi connectivity index (χ3v) is 6.15. The number of rotatable bonds is 5. The molecular weight excluding hydrogens is 312 g/mol. The van der Waals surface area contributed by atoms with E-state index < -0.39 is 6.35 Å². The zero-order valence-electron chi connectivity index (χ0n) is 14.8. The van der Waals surface area contributed by atoms with Crippen LogP contribution in [0.1, 0.15) is 19.3 Å². The minimum Gasteiger partial charge on any atom is -0.497 e. The molecule has 1 saturated heterocycles. The number of anilines is 1. The van der Waals surface area contributed by atoms with E-state index in [1.807, 2.05) is 24.3 Å². The predicted octanol–water partition coefficient (Wildman–Crippen LogP) is 3.47.